The molecule has 0 saturated carbocycles. The highest BCUT2D eigenvalue weighted by molar-refractivity contribution is 14.1. The number of benzene rings is 1. The first-order chi connectivity index (χ1) is 11.1. The first-order valence-electron chi connectivity index (χ1n) is 8.24. The Kier molecular flexibility index (Phi) is 5.30. The predicted molar refractivity (Wildman–Crippen MR) is 99.9 cm³/mol. The zero-order valence-corrected chi connectivity index (χ0v) is 16.1. The number of nitrogens with one attached hydrogen (secondary N) is 1. The van der Waals surface area contributed by atoms with E-state index in [-0.39, 0.29) is 12.1 Å². The van der Waals surface area contributed by atoms with Crippen LogP contribution in [0.4, 0.5) is 0 Å². The van der Waals surface area contributed by atoms with Crippen molar-refractivity contribution in [2.45, 2.75) is 50.3 Å². The third-order valence-electron chi connectivity index (χ3n) is 5.29. The highest BCUT2D eigenvalue weighted by Crippen LogP contribution is 2.47. The van der Waals surface area contributed by atoms with Crippen LogP contribution in [0.5, 0.6) is 0 Å². The molecule has 2 N–H and O–H groups in total. The van der Waals surface area contributed by atoms with Crippen LogP contribution in [0.2, 0.25) is 0 Å². The predicted octanol–water partition coefficient (Wildman–Crippen LogP) is 3.03. The number of halogens is 1. The number of aliphatic hydroxyl groups excluding tert-OH is 1. The maximum atomic E-state index is 10.6. The van der Waals surface area contributed by atoms with Crippen molar-refractivity contribution in [3.63, 3.8) is 0 Å². The molecule has 2 fully saturated rings. The fourth-order valence-corrected chi connectivity index (χ4v) is 4.58. The molecule has 0 spiro atoms. The summed E-state index contributed by atoms with van der Waals surface area (Å²) in [6, 6.07) is 9.31. The molecule has 126 valence electrons. The van der Waals surface area contributed by atoms with Crippen molar-refractivity contribution in [1.29, 1.82) is 0 Å². The lowest BCUT2D eigenvalue weighted by atomic mass is 9.79. The maximum absolute atomic E-state index is 10.6. The smallest absolute Gasteiger partial charge is 0.0749 e. The molecule has 4 nitrogen and oxygen atoms in total. The van der Waals surface area contributed by atoms with E-state index in [4.69, 9.17) is 4.84 Å². The normalized spacial score (nSPS) is 32.9. The van der Waals surface area contributed by atoms with Crippen LogP contribution in [-0.2, 0) is 4.84 Å². The van der Waals surface area contributed by atoms with Crippen molar-refractivity contribution < 1.29 is 9.94 Å². The molecule has 3 rings (SSSR count). The molecule has 5 heteroatoms. The van der Waals surface area contributed by atoms with Gasteiger partial charge < -0.3 is 5.11 Å². The van der Waals surface area contributed by atoms with Gasteiger partial charge in [0.05, 0.1) is 19.3 Å². The monoisotopic (exact) mass is 428 g/mol. The van der Waals surface area contributed by atoms with Gasteiger partial charge in [-0.05, 0) is 72.2 Å². The Morgan fingerprint density at radius 2 is 2.04 bits per heavy atom. The number of piperidine rings is 1. The Balaban J connectivity index is 2.07. The molecule has 4 atom stereocenters. The average molecular weight is 428 g/mol. The Morgan fingerprint density at radius 3 is 2.65 bits per heavy atom. The van der Waals surface area contributed by atoms with E-state index in [1.807, 2.05) is 0 Å². The van der Waals surface area contributed by atoms with E-state index in [9.17, 15) is 5.11 Å². The van der Waals surface area contributed by atoms with E-state index in [0.717, 1.165) is 25.0 Å². The number of fused-ring (bicyclic) bond motifs is 2. The van der Waals surface area contributed by atoms with E-state index in [2.05, 4.69) is 71.2 Å². The van der Waals surface area contributed by atoms with Gasteiger partial charge in [-0.3, -0.25) is 15.2 Å². The summed E-state index contributed by atoms with van der Waals surface area (Å²) >= 11 is 2.34. The number of nitrogens with zero attached hydrogens (tertiary/aromatic N) is 1. The summed E-state index contributed by atoms with van der Waals surface area (Å²) < 4.78 is 1.25. The molecule has 2 bridgehead atoms. The Bertz CT molecular complexity index is 587. The molecule has 1 aromatic rings. The summed E-state index contributed by atoms with van der Waals surface area (Å²) in [6.07, 6.45) is 2.48. The standard InChI is InChI=1S/C18H25IN2O2/c1-4-15(20-23-3)17-14(11-5-7-12(19)8-6-11)9-13-10-16(22)18(17)21(13)2/h5-8,13-14,16,18,20,22H,4,9-10H2,1-3H3/t13?,14-,16?,18-/m0/s1. The minimum atomic E-state index is -0.297. The largest absolute Gasteiger partial charge is 0.391 e. The molecular formula is C18H25IN2O2. The van der Waals surface area contributed by atoms with Crippen LogP contribution in [0.1, 0.15) is 37.7 Å². The zero-order valence-electron chi connectivity index (χ0n) is 13.9. The first kappa shape index (κ1) is 17.2. The van der Waals surface area contributed by atoms with Gasteiger partial charge in [0.1, 0.15) is 0 Å². The van der Waals surface area contributed by atoms with Gasteiger partial charge >= 0.3 is 0 Å². The van der Waals surface area contributed by atoms with E-state index in [1.165, 1.54) is 14.7 Å². The van der Waals surface area contributed by atoms with Crippen molar-refractivity contribution >= 4 is 22.6 Å². The lowest BCUT2D eigenvalue weighted by Crippen LogP contribution is -2.45. The molecule has 0 amide bonds. The molecule has 0 radical (unpaired) electrons. The fourth-order valence-electron chi connectivity index (χ4n) is 4.22. The van der Waals surface area contributed by atoms with E-state index < -0.39 is 0 Å². The molecular weight excluding hydrogens is 403 g/mol. The maximum Gasteiger partial charge on any atom is 0.0749 e. The summed E-state index contributed by atoms with van der Waals surface area (Å²) in [5, 5.41) is 10.6. The molecule has 1 aromatic carbocycles. The van der Waals surface area contributed by atoms with Gasteiger partial charge in [0, 0.05) is 21.2 Å². The molecule has 2 aliphatic heterocycles. The third kappa shape index (κ3) is 3.16. The van der Waals surface area contributed by atoms with Crippen LogP contribution >= 0.6 is 22.6 Å². The van der Waals surface area contributed by atoms with E-state index in [1.54, 1.807) is 7.11 Å². The average Bonchev–Trinajstić information content (AvgIpc) is 2.72. The zero-order chi connectivity index (χ0) is 16.6. The first-order valence-corrected chi connectivity index (χ1v) is 9.32. The second-order valence-corrected chi connectivity index (χ2v) is 7.75. The Labute approximate surface area is 152 Å². The second kappa shape index (κ2) is 7.09. The van der Waals surface area contributed by atoms with E-state index >= 15 is 0 Å². The van der Waals surface area contributed by atoms with Crippen LogP contribution in [0.15, 0.2) is 35.5 Å². The summed E-state index contributed by atoms with van der Waals surface area (Å²) in [5.41, 5.74) is 6.81. The summed E-state index contributed by atoms with van der Waals surface area (Å²) in [5.74, 6) is 0.341. The molecule has 0 aromatic heterocycles. The summed E-state index contributed by atoms with van der Waals surface area (Å²) in [6.45, 7) is 2.13. The molecule has 2 unspecified atom stereocenters. The quantitative estimate of drug-likeness (QED) is 0.572. The number of hydrogen-bond donors (Lipinski definition) is 2. The number of hydrogen-bond acceptors (Lipinski definition) is 4. The second-order valence-electron chi connectivity index (χ2n) is 6.50. The van der Waals surface area contributed by atoms with Crippen molar-refractivity contribution in [2.75, 3.05) is 14.2 Å². The van der Waals surface area contributed by atoms with Crippen molar-refractivity contribution in [3.05, 3.63) is 44.7 Å². The van der Waals surface area contributed by atoms with E-state index in [0.29, 0.717) is 12.0 Å². The van der Waals surface area contributed by atoms with Gasteiger partial charge in [-0.2, -0.15) is 0 Å². The number of allylic oxidation sites excluding steroid dienone is 1. The van der Waals surface area contributed by atoms with Gasteiger partial charge in [0.2, 0.25) is 0 Å². The topological polar surface area (TPSA) is 44.7 Å². The third-order valence-corrected chi connectivity index (χ3v) is 6.01. The summed E-state index contributed by atoms with van der Waals surface area (Å²) in [7, 11) is 3.78. The molecule has 2 aliphatic rings. The van der Waals surface area contributed by atoms with Gasteiger partial charge in [-0.1, -0.05) is 19.1 Å². The number of aliphatic hydroxyl groups is 1. The minimum Gasteiger partial charge on any atom is -0.391 e. The highest BCUT2D eigenvalue weighted by Gasteiger charge is 2.48. The SMILES string of the molecule is CCC(NOC)=C1[C@H](c2ccc(I)cc2)CC2CC(O)[C@@H]1N2C. The van der Waals surface area contributed by atoms with Crippen molar-refractivity contribution in [3.8, 4) is 0 Å². The molecule has 2 heterocycles. The lowest BCUT2D eigenvalue weighted by molar-refractivity contribution is 0.101. The van der Waals surface area contributed by atoms with Crippen LogP contribution in [0.25, 0.3) is 0 Å². The lowest BCUT2D eigenvalue weighted by Gasteiger charge is -2.40. The van der Waals surface area contributed by atoms with Gasteiger partial charge in [0.25, 0.3) is 0 Å². The van der Waals surface area contributed by atoms with Crippen LogP contribution in [-0.4, -0.2) is 42.4 Å². The van der Waals surface area contributed by atoms with Gasteiger partial charge in [-0.25, -0.2) is 0 Å². The number of rotatable bonds is 4. The van der Waals surface area contributed by atoms with Crippen molar-refractivity contribution in [1.82, 2.24) is 10.4 Å². The Hall–Kier alpha value is -0.630. The number of hydroxylamine groups is 1. The highest BCUT2D eigenvalue weighted by atomic mass is 127. The molecule has 0 aliphatic carbocycles. The Morgan fingerprint density at radius 1 is 1.35 bits per heavy atom. The van der Waals surface area contributed by atoms with Crippen LogP contribution < -0.4 is 5.48 Å². The molecule has 23 heavy (non-hydrogen) atoms. The summed E-state index contributed by atoms with van der Waals surface area (Å²) in [4.78, 5) is 7.56. The van der Waals surface area contributed by atoms with Gasteiger partial charge in [-0.15, -0.1) is 0 Å². The fraction of sp³-hybridized carbons (Fsp3) is 0.556. The van der Waals surface area contributed by atoms with Crippen LogP contribution in [0, 0.1) is 3.57 Å². The number of likely N-dealkylation sites (N-methyl/N-ethyl adjacent to an activating group) is 1. The van der Waals surface area contributed by atoms with Crippen molar-refractivity contribution in [2.24, 2.45) is 0 Å². The molecule has 2 saturated heterocycles. The van der Waals surface area contributed by atoms with Gasteiger partial charge in [0.15, 0.2) is 0 Å². The van der Waals surface area contributed by atoms with Crippen LogP contribution in [0.3, 0.4) is 0 Å². The minimum absolute atomic E-state index is 0.0793.